The number of hydrogen-bond acceptors (Lipinski definition) is 3. The van der Waals surface area contributed by atoms with Crippen molar-refractivity contribution in [3.63, 3.8) is 0 Å². The molecule has 0 atom stereocenters. The summed E-state index contributed by atoms with van der Waals surface area (Å²) in [7, 11) is 2.14. The van der Waals surface area contributed by atoms with Crippen molar-refractivity contribution in [1.82, 2.24) is 9.80 Å². The van der Waals surface area contributed by atoms with E-state index in [0.717, 1.165) is 58.3 Å². The van der Waals surface area contributed by atoms with Gasteiger partial charge in [0.05, 0.1) is 0 Å². The van der Waals surface area contributed by atoms with Gasteiger partial charge in [0.25, 0.3) is 0 Å². The Hall–Kier alpha value is -2.17. The van der Waals surface area contributed by atoms with E-state index in [2.05, 4.69) is 71.4 Å². The van der Waals surface area contributed by atoms with E-state index in [1.54, 1.807) is 0 Å². The average molecular weight is 392 g/mol. The second-order valence-electron chi connectivity index (χ2n) is 8.78. The molecular formula is C25H33N3O. The molecule has 4 heteroatoms. The van der Waals surface area contributed by atoms with Crippen LogP contribution >= 0.6 is 0 Å². The molecule has 0 saturated carbocycles. The van der Waals surface area contributed by atoms with Gasteiger partial charge >= 0.3 is 0 Å². The lowest BCUT2D eigenvalue weighted by Gasteiger charge is -2.43. The SMILES string of the molecule is CN(CCc1ccccc1)C1(C(=O)N2CCC(CN)CC2)Cc2ccccc2C1. The maximum Gasteiger partial charge on any atom is 0.243 e. The van der Waals surface area contributed by atoms with Crippen LogP contribution in [0.5, 0.6) is 0 Å². The number of carbonyl (C=O) groups is 1. The summed E-state index contributed by atoms with van der Waals surface area (Å²) in [6.07, 6.45) is 4.63. The monoisotopic (exact) mass is 391 g/mol. The Kier molecular flexibility index (Phi) is 6.02. The maximum atomic E-state index is 13.9. The van der Waals surface area contributed by atoms with Gasteiger partial charge in [0.2, 0.25) is 5.91 Å². The van der Waals surface area contributed by atoms with E-state index >= 15 is 0 Å². The molecule has 0 aromatic heterocycles. The first-order chi connectivity index (χ1) is 14.1. The van der Waals surface area contributed by atoms with E-state index in [1.165, 1.54) is 16.7 Å². The fourth-order valence-corrected chi connectivity index (χ4v) is 5.00. The molecule has 0 radical (unpaired) electrons. The van der Waals surface area contributed by atoms with Crippen LogP contribution in [0.3, 0.4) is 0 Å². The molecule has 0 unspecified atom stereocenters. The van der Waals surface area contributed by atoms with Crippen molar-refractivity contribution in [1.29, 1.82) is 0 Å². The van der Waals surface area contributed by atoms with Crippen molar-refractivity contribution in [3.05, 3.63) is 71.3 Å². The summed E-state index contributed by atoms with van der Waals surface area (Å²) in [5, 5.41) is 0. The van der Waals surface area contributed by atoms with Crippen molar-refractivity contribution < 1.29 is 4.79 Å². The van der Waals surface area contributed by atoms with E-state index in [4.69, 9.17) is 5.73 Å². The number of likely N-dealkylation sites (N-methyl/N-ethyl adjacent to an activating group) is 1. The van der Waals surface area contributed by atoms with Crippen LogP contribution in [0.4, 0.5) is 0 Å². The van der Waals surface area contributed by atoms with Gasteiger partial charge in [-0.25, -0.2) is 0 Å². The molecule has 0 bridgehead atoms. The molecule has 1 saturated heterocycles. The molecule has 4 rings (SSSR count). The topological polar surface area (TPSA) is 49.6 Å². The number of hydrogen-bond donors (Lipinski definition) is 1. The first-order valence-corrected chi connectivity index (χ1v) is 10.9. The number of amides is 1. The lowest BCUT2D eigenvalue weighted by molar-refractivity contribution is -0.145. The van der Waals surface area contributed by atoms with Crippen LogP contribution in [-0.2, 0) is 24.1 Å². The third kappa shape index (κ3) is 4.10. The van der Waals surface area contributed by atoms with Gasteiger partial charge in [-0.15, -0.1) is 0 Å². The van der Waals surface area contributed by atoms with Crippen molar-refractivity contribution in [2.24, 2.45) is 11.7 Å². The fourth-order valence-electron chi connectivity index (χ4n) is 5.00. The van der Waals surface area contributed by atoms with E-state index in [0.29, 0.717) is 11.8 Å². The quantitative estimate of drug-likeness (QED) is 0.824. The first kappa shape index (κ1) is 20.1. The molecule has 154 valence electrons. The predicted molar refractivity (Wildman–Crippen MR) is 118 cm³/mol. The molecule has 2 N–H and O–H groups in total. The van der Waals surface area contributed by atoms with Crippen LogP contribution in [-0.4, -0.2) is 54.5 Å². The number of nitrogens with two attached hydrogens (primary N) is 1. The fraction of sp³-hybridized carbons (Fsp3) is 0.480. The summed E-state index contributed by atoms with van der Waals surface area (Å²) < 4.78 is 0. The number of fused-ring (bicyclic) bond motifs is 1. The van der Waals surface area contributed by atoms with Crippen molar-refractivity contribution in [2.75, 3.05) is 33.2 Å². The molecule has 2 aliphatic rings. The zero-order valence-electron chi connectivity index (χ0n) is 17.5. The molecule has 1 fully saturated rings. The molecular weight excluding hydrogens is 358 g/mol. The molecule has 2 aromatic carbocycles. The molecule has 1 heterocycles. The number of benzene rings is 2. The van der Waals surface area contributed by atoms with Crippen molar-refractivity contribution in [3.8, 4) is 0 Å². The Labute approximate surface area is 174 Å². The Morgan fingerprint density at radius 2 is 1.62 bits per heavy atom. The van der Waals surface area contributed by atoms with Gasteiger partial charge < -0.3 is 10.6 Å². The van der Waals surface area contributed by atoms with Crippen LogP contribution in [0.1, 0.15) is 29.5 Å². The third-order valence-electron chi connectivity index (χ3n) is 7.03. The third-order valence-corrected chi connectivity index (χ3v) is 7.03. The Morgan fingerprint density at radius 3 is 2.21 bits per heavy atom. The van der Waals surface area contributed by atoms with Gasteiger partial charge in [0.1, 0.15) is 5.54 Å². The van der Waals surface area contributed by atoms with Gasteiger partial charge in [-0.3, -0.25) is 9.69 Å². The van der Waals surface area contributed by atoms with E-state index in [9.17, 15) is 4.79 Å². The van der Waals surface area contributed by atoms with E-state index in [1.807, 2.05) is 0 Å². The zero-order chi connectivity index (χ0) is 20.3. The smallest absolute Gasteiger partial charge is 0.243 e. The molecule has 0 spiro atoms. The Bertz CT molecular complexity index is 802. The van der Waals surface area contributed by atoms with Gasteiger partial charge in [0.15, 0.2) is 0 Å². The maximum absolute atomic E-state index is 13.9. The summed E-state index contributed by atoms with van der Waals surface area (Å²) in [5.41, 5.74) is 9.36. The zero-order valence-corrected chi connectivity index (χ0v) is 17.5. The van der Waals surface area contributed by atoms with Gasteiger partial charge in [-0.1, -0.05) is 54.6 Å². The highest BCUT2D eigenvalue weighted by atomic mass is 16.2. The first-order valence-electron chi connectivity index (χ1n) is 10.9. The molecule has 29 heavy (non-hydrogen) atoms. The molecule has 1 amide bonds. The predicted octanol–water partition coefficient (Wildman–Crippen LogP) is 2.90. The van der Waals surface area contributed by atoms with Crippen molar-refractivity contribution >= 4 is 5.91 Å². The Balaban J connectivity index is 1.54. The lowest BCUT2D eigenvalue weighted by atomic mass is 9.89. The minimum atomic E-state index is -0.464. The summed E-state index contributed by atoms with van der Waals surface area (Å²) >= 11 is 0. The highest BCUT2D eigenvalue weighted by Gasteiger charge is 2.49. The van der Waals surface area contributed by atoms with Crippen LogP contribution < -0.4 is 5.73 Å². The molecule has 1 aliphatic carbocycles. The van der Waals surface area contributed by atoms with Crippen LogP contribution in [0, 0.1) is 5.92 Å². The number of piperidine rings is 1. The minimum absolute atomic E-state index is 0.305. The summed E-state index contributed by atoms with van der Waals surface area (Å²) in [6.45, 7) is 3.29. The highest BCUT2D eigenvalue weighted by molar-refractivity contribution is 5.88. The van der Waals surface area contributed by atoms with E-state index in [-0.39, 0.29) is 0 Å². The lowest BCUT2D eigenvalue weighted by Crippen LogP contribution is -2.61. The Morgan fingerprint density at radius 1 is 1.03 bits per heavy atom. The van der Waals surface area contributed by atoms with Gasteiger partial charge in [-0.2, -0.15) is 0 Å². The molecule has 2 aromatic rings. The molecule has 1 aliphatic heterocycles. The summed E-state index contributed by atoms with van der Waals surface area (Å²) in [4.78, 5) is 18.3. The summed E-state index contributed by atoms with van der Waals surface area (Å²) in [6, 6.07) is 19.1. The van der Waals surface area contributed by atoms with Crippen molar-refractivity contribution in [2.45, 2.75) is 37.6 Å². The largest absolute Gasteiger partial charge is 0.341 e. The van der Waals surface area contributed by atoms with Crippen LogP contribution in [0.2, 0.25) is 0 Å². The van der Waals surface area contributed by atoms with Crippen LogP contribution in [0.25, 0.3) is 0 Å². The normalized spacial score (nSPS) is 18.8. The minimum Gasteiger partial charge on any atom is -0.341 e. The van der Waals surface area contributed by atoms with Gasteiger partial charge in [0, 0.05) is 32.5 Å². The number of carbonyl (C=O) groups excluding carboxylic acids is 1. The number of rotatable bonds is 6. The standard InChI is InChI=1S/C25H33N3O/c1-27(14-11-20-7-3-2-4-8-20)25(17-22-9-5-6-10-23(22)18-25)24(29)28-15-12-21(19-26)13-16-28/h2-10,21H,11-19,26H2,1H3. The van der Waals surface area contributed by atoms with E-state index < -0.39 is 5.54 Å². The average Bonchev–Trinajstić information content (AvgIpc) is 3.18. The number of nitrogens with zero attached hydrogens (tertiary/aromatic N) is 2. The number of likely N-dealkylation sites (tertiary alicyclic amines) is 1. The second kappa shape index (κ2) is 8.68. The highest BCUT2D eigenvalue weighted by Crippen LogP contribution is 2.36. The van der Waals surface area contributed by atoms with Gasteiger partial charge in [-0.05, 0) is 55.5 Å². The summed E-state index contributed by atoms with van der Waals surface area (Å²) in [5.74, 6) is 0.867. The van der Waals surface area contributed by atoms with Crippen LogP contribution in [0.15, 0.2) is 54.6 Å². The second-order valence-corrected chi connectivity index (χ2v) is 8.78. The molecule has 4 nitrogen and oxygen atoms in total.